The minimum absolute atomic E-state index is 0.0232. The number of amides is 1. The zero-order chi connectivity index (χ0) is 15.6. The van der Waals surface area contributed by atoms with Crippen LogP contribution in [0.4, 0.5) is 0 Å². The summed E-state index contributed by atoms with van der Waals surface area (Å²) in [5.41, 5.74) is 3.04. The quantitative estimate of drug-likeness (QED) is 0.678. The molecule has 0 saturated heterocycles. The van der Waals surface area contributed by atoms with Gasteiger partial charge in [-0.2, -0.15) is 0 Å². The monoisotopic (exact) mass is 295 g/mol. The highest BCUT2D eigenvalue weighted by molar-refractivity contribution is 5.94. The molecule has 2 aromatic rings. The van der Waals surface area contributed by atoms with Gasteiger partial charge in [0.25, 0.3) is 5.91 Å². The van der Waals surface area contributed by atoms with Gasteiger partial charge in [0.05, 0.1) is 0 Å². The molecule has 2 nitrogen and oxygen atoms in total. The summed E-state index contributed by atoms with van der Waals surface area (Å²) in [7, 11) is 0. The molecule has 0 spiro atoms. The highest BCUT2D eigenvalue weighted by Crippen LogP contribution is 2.19. The lowest BCUT2D eigenvalue weighted by molar-refractivity contribution is 0.0953. The zero-order valence-corrected chi connectivity index (χ0v) is 13.3. The van der Waals surface area contributed by atoms with E-state index in [4.69, 9.17) is 0 Å². The molecule has 22 heavy (non-hydrogen) atoms. The lowest BCUT2D eigenvalue weighted by atomic mass is 10.0. The minimum atomic E-state index is 0.0232. The van der Waals surface area contributed by atoms with Crippen molar-refractivity contribution >= 4 is 5.91 Å². The van der Waals surface area contributed by atoms with Crippen molar-refractivity contribution in [2.24, 2.45) is 0 Å². The first-order chi connectivity index (χ1) is 10.8. The van der Waals surface area contributed by atoms with Crippen LogP contribution in [0.2, 0.25) is 0 Å². The first-order valence-corrected chi connectivity index (χ1v) is 8.25. The molecule has 0 aliphatic rings. The number of hydrogen-bond acceptors (Lipinski definition) is 1. The van der Waals surface area contributed by atoms with Crippen molar-refractivity contribution in [2.45, 2.75) is 39.0 Å². The second-order valence-electron chi connectivity index (χ2n) is 5.61. The van der Waals surface area contributed by atoms with Gasteiger partial charge in [0.1, 0.15) is 0 Å². The Labute approximate surface area is 133 Å². The lowest BCUT2D eigenvalue weighted by Crippen LogP contribution is -2.24. The van der Waals surface area contributed by atoms with Crippen LogP contribution in [-0.4, -0.2) is 12.5 Å². The summed E-state index contributed by atoms with van der Waals surface area (Å²) in [4.78, 5) is 12.1. The van der Waals surface area contributed by atoms with E-state index < -0.39 is 0 Å². The molecule has 2 aromatic carbocycles. The van der Waals surface area contributed by atoms with E-state index in [-0.39, 0.29) is 5.91 Å². The number of hydrogen-bond donors (Lipinski definition) is 1. The summed E-state index contributed by atoms with van der Waals surface area (Å²) in [6.45, 7) is 2.98. The second-order valence-corrected chi connectivity index (χ2v) is 5.61. The Kier molecular flexibility index (Phi) is 6.69. The van der Waals surface area contributed by atoms with E-state index >= 15 is 0 Å². The Balaban J connectivity index is 1.81. The molecule has 0 fully saturated rings. The number of unbranched alkanes of at least 4 members (excludes halogenated alkanes) is 4. The van der Waals surface area contributed by atoms with Crippen LogP contribution in [0.3, 0.4) is 0 Å². The molecule has 1 N–H and O–H groups in total. The van der Waals surface area contributed by atoms with Crippen molar-refractivity contribution in [1.29, 1.82) is 0 Å². The molecule has 0 unspecified atom stereocenters. The fourth-order valence-corrected chi connectivity index (χ4v) is 2.48. The molecule has 0 aliphatic carbocycles. The highest BCUT2D eigenvalue weighted by atomic mass is 16.1. The van der Waals surface area contributed by atoms with Crippen LogP contribution >= 0.6 is 0 Å². The van der Waals surface area contributed by atoms with Gasteiger partial charge in [-0.15, -0.1) is 0 Å². The molecular formula is C20H25NO. The van der Waals surface area contributed by atoms with Crippen LogP contribution in [0.15, 0.2) is 54.6 Å². The molecule has 0 atom stereocenters. The summed E-state index contributed by atoms with van der Waals surface area (Å²) in [6.07, 6.45) is 6.06. The summed E-state index contributed by atoms with van der Waals surface area (Å²) < 4.78 is 0. The zero-order valence-electron chi connectivity index (χ0n) is 13.3. The van der Waals surface area contributed by atoms with Crippen LogP contribution < -0.4 is 5.32 Å². The number of carbonyl (C=O) groups excluding carboxylic acids is 1. The summed E-state index contributed by atoms with van der Waals surface area (Å²) >= 11 is 0. The fraction of sp³-hybridized carbons (Fsp3) is 0.350. The molecule has 0 aliphatic heterocycles. The second kappa shape index (κ2) is 9.04. The largest absolute Gasteiger partial charge is 0.352 e. The standard InChI is InChI=1S/C20H25NO/c1-2-3-4-5-9-16-21-20(22)19-14-12-18(13-15-19)17-10-7-6-8-11-17/h6-8,10-15H,2-5,9,16H2,1H3,(H,21,22). The fourth-order valence-electron chi connectivity index (χ4n) is 2.48. The molecule has 0 saturated carbocycles. The molecule has 2 heteroatoms. The SMILES string of the molecule is CCCCCCCNC(=O)c1ccc(-c2ccccc2)cc1. The maximum Gasteiger partial charge on any atom is 0.251 e. The Hall–Kier alpha value is -2.09. The third-order valence-corrected chi connectivity index (χ3v) is 3.82. The van der Waals surface area contributed by atoms with Gasteiger partial charge < -0.3 is 5.32 Å². The predicted octanol–water partition coefficient (Wildman–Crippen LogP) is 5.05. The van der Waals surface area contributed by atoms with Crippen LogP contribution in [-0.2, 0) is 0 Å². The van der Waals surface area contributed by atoms with Crippen LogP contribution in [0.5, 0.6) is 0 Å². The number of carbonyl (C=O) groups is 1. The molecule has 0 bridgehead atoms. The molecule has 0 heterocycles. The average molecular weight is 295 g/mol. The smallest absolute Gasteiger partial charge is 0.251 e. The number of rotatable bonds is 8. The van der Waals surface area contributed by atoms with Crippen molar-refractivity contribution in [3.63, 3.8) is 0 Å². The van der Waals surface area contributed by atoms with Crippen molar-refractivity contribution in [1.82, 2.24) is 5.32 Å². The molecule has 1 amide bonds. The van der Waals surface area contributed by atoms with E-state index in [1.54, 1.807) is 0 Å². The van der Waals surface area contributed by atoms with Gasteiger partial charge in [0.15, 0.2) is 0 Å². The van der Waals surface area contributed by atoms with Crippen molar-refractivity contribution in [3.05, 3.63) is 60.2 Å². The van der Waals surface area contributed by atoms with Crippen molar-refractivity contribution < 1.29 is 4.79 Å². The summed E-state index contributed by atoms with van der Waals surface area (Å²) in [6, 6.07) is 18.0. The van der Waals surface area contributed by atoms with Gasteiger partial charge in [0.2, 0.25) is 0 Å². The van der Waals surface area contributed by atoms with Gasteiger partial charge in [-0.3, -0.25) is 4.79 Å². The molecule has 0 radical (unpaired) electrons. The first-order valence-electron chi connectivity index (χ1n) is 8.25. The number of nitrogens with one attached hydrogen (secondary N) is 1. The predicted molar refractivity (Wildman–Crippen MR) is 93.0 cm³/mol. The van der Waals surface area contributed by atoms with Gasteiger partial charge in [-0.05, 0) is 29.7 Å². The average Bonchev–Trinajstić information content (AvgIpc) is 2.59. The molecule has 116 valence electrons. The van der Waals surface area contributed by atoms with E-state index in [1.165, 1.54) is 31.2 Å². The van der Waals surface area contributed by atoms with Crippen molar-refractivity contribution in [2.75, 3.05) is 6.54 Å². The van der Waals surface area contributed by atoms with E-state index in [0.717, 1.165) is 24.1 Å². The maximum atomic E-state index is 12.1. The Bertz CT molecular complexity index is 560. The van der Waals surface area contributed by atoms with E-state index in [0.29, 0.717) is 0 Å². The van der Waals surface area contributed by atoms with Crippen molar-refractivity contribution in [3.8, 4) is 11.1 Å². The Morgan fingerprint density at radius 3 is 2.14 bits per heavy atom. The van der Waals surface area contributed by atoms with Gasteiger partial charge in [-0.1, -0.05) is 75.1 Å². The molecule has 0 aromatic heterocycles. The van der Waals surface area contributed by atoms with Crippen LogP contribution in [0.25, 0.3) is 11.1 Å². The normalized spacial score (nSPS) is 10.4. The van der Waals surface area contributed by atoms with Crippen LogP contribution in [0.1, 0.15) is 49.4 Å². The Morgan fingerprint density at radius 2 is 1.45 bits per heavy atom. The van der Waals surface area contributed by atoms with E-state index in [2.05, 4.69) is 24.4 Å². The Morgan fingerprint density at radius 1 is 0.818 bits per heavy atom. The third kappa shape index (κ3) is 5.03. The number of benzene rings is 2. The van der Waals surface area contributed by atoms with Gasteiger partial charge in [-0.25, -0.2) is 0 Å². The minimum Gasteiger partial charge on any atom is -0.352 e. The maximum absolute atomic E-state index is 12.1. The van der Waals surface area contributed by atoms with E-state index in [1.807, 2.05) is 42.5 Å². The van der Waals surface area contributed by atoms with Gasteiger partial charge in [0, 0.05) is 12.1 Å². The third-order valence-electron chi connectivity index (χ3n) is 3.82. The molecular weight excluding hydrogens is 270 g/mol. The lowest BCUT2D eigenvalue weighted by Gasteiger charge is -2.06. The highest BCUT2D eigenvalue weighted by Gasteiger charge is 2.05. The molecule has 2 rings (SSSR count). The topological polar surface area (TPSA) is 29.1 Å². The summed E-state index contributed by atoms with van der Waals surface area (Å²) in [5.74, 6) is 0.0232. The van der Waals surface area contributed by atoms with Gasteiger partial charge >= 0.3 is 0 Å². The van der Waals surface area contributed by atoms with E-state index in [9.17, 15) is 4.79 Å². The van der Waals surface area contributed by atoms with Crippen LogP contribution in [0, 0.1) is 0 Å². The first kappa shape index (κ1) is 16.3. The summed E-state index contributed by atoms with van der Waals surface area (Å²) in [5, 5.41) is 3.00.